The Kier molecular flexibility index (Phi) is 4.45. The largest absolute Gasteiger partial charge is 0.370 e. The molecule has 4 nitrogen and oxygen atoms in total. The summed E-state index contributed by atoms with van der Waals surface area (Å²) in [7, 11) is 0. The standard InChI is InChI=1S/C17H23N3OS/c1-11(13-5-3-2-4-6-13)20-14-8-7-12(10-16(18)21)9-15(14)22-17(20)19/h2-6,11-12,17H,7-10,19H2,1H3,(H2,18,21). The zero-order valence-corrected chi connectivity index (χ0v) is 13.7. The molecule has 1 aliphatic carbocycles. The molecular weight excluding hydrogens is 294 g/mol. The second-order valence-corrected chi connectivity index (χ2v) is 7.36. The Morgan fingerprint density at radius 3 is 2.82 bits per heavy atom. The summed E-state index contributed by atoms with van der Waals surface area (Å²) in [6, 6.07) is 10.7. The topological polar surface area (TPSA) is 72.3 Å². The molecule has 5 heteroatoms. The smallest absolute Gasteiger partial charge is 0.217 e. The van der Waals surface area contributed by atoms with Crippen molar-refractivity contribution in [3.63, 3.8) is 0 Å². The van der Waals surface area contributed by atoms with Gasteiger partial charge in [-0.3, -0.25) is 4.79 Å². The van der Waals surface area contributed by atoms with Crippen molar-refractivity contribution < 1.29 is 4.79 Å². The highest BCUT2D eigenvalue weighted by molar-refractivity contribution is 8.03. The maximum Gasteiger partial charge on any atom is 0.217 e. The van der Waals surface area contributed by atoms with E-state index in [2.05, 4.69) is 36.1 Å². The first-order valence-corrected chi connectivity index (χ1v) is 8.70. The fourth-order valence-electron chi connectivity index (χ4n) is 3.51. The average molecular weight is 317 g/mol. The van der Waals surface area contributed by atoms with Crippen molar-refractivity contribution in [2.75, 3.05) is 0 Å². The SMILES string of the molecule is CC(c1ccccc1)N1C2=C(CC(CC(N)=O)CC2)SC1N. The highest BCUT2D eigenvalue weighted by Gasteiger charge is 2.37. The first-order valence-electron chi connectivity index (χ1n) is 7.82. The van der Waals surface area contributed by atoms with Crippen LogP contribution in [0.4, 0.5) is 0 Å². The van der Waals surface area contributed by atoms with E-state index in [9.17, 15) is 4.79 Å². The number of allylic oxidation sites excluding steroid dienone is 2. The lowest BCUT2D eigenvalue weighted by atomic mass is 9.88. The number of hydrogen-bond donors (Lipinski definition) is 2. The van der Waals surface area contributed by atoms with Gasteiger partial charge in [0, 0.05) is 17.0 Å². The molecule has 22 heavy (non-hydrogen) atoms. The van der Waals surface area contributed by atoms with Crippen LogP contribution in [0.5, 0.6) is 0 Å². The van der Waals surface area contributed by atoms with Crippen LogP contribution in [0.15, 0.2) is 40.9 Å². The van der Waals surface area contributed by atoms with Gasteiger partial charge in [-0.25, -0.2) is 0 Å². The van der Waals surface area contributed by atoms with Crippen LogP contribution < -0.4 is 11.5 Å². The van der Waals surface area contributed by atoms with Gasteiger partial charge in [-0.2, -0.15) is 0 Å². The van der Waals surface area contributed by atoms with Crippen molar-refractivity contribution in [2.45, 2.75) is 44.1 Å². The minimum Gasteiger partial charge on any atom is -0.370 e. The molecule has 118 valence electrons. The zero-order chi connectivity index (χ0) is 15.7. The molecule has 3 atom stereocenters. The van der Waals surface area contributed by atoms with E-state index in [1.165, 1.54) is 16.2 Å². The van der Waals surface area contributed by atoms with E-state index in [1.807, 2.05) is 6.07 Å². The van der Waals surface area contributed by atoms with Crippen LogP contribution in [-0.2, 0) is 4.79 Å². The highest BCUT2D eigenvalue weighted by atomic mass is 32.2. The lowest BCUT2D eigenvalue weighted by molar-refractivity contribution is -0.119. The maximum atomic E-state index is 11.1. The molecule has 0 saturated heterocycles. The van der Waals surface area contributed by atoms with Gasteiger partial charge in [-0.1, -0.05) is 42.1 Å². The van der Waals surface area contributed by atoms with Crippen molar-refractivity contribution in [3.05, 3.63) is 46.5 Å². The Morgan fingerprint density at radius 2 is 2.14 bits per heavy atom. The Hall–Kier alpha value is -1.46. The summed E-state index contributed by atoms with van der Waals surface area (Å²) >= 11 is 1.74. The number of rotatable bonds is 4. The van der Waals surface area contributed by atoms with Gasteiger partial charge < -0.3 is 16.4 Å². The molecule has 1 aromatic rings. The van der Waals surface area contributed by atoms with Crippen molar-refractivity contribution in [2.24, 2.45) is 17.4 Å². The number of amides is 1. The fraction of sp³-hybridized carbons (Fsp3) is 0.471. The van der Waals surface area contributed by atoms with Crippen LogP contribution in [0.25, 0.3) is 0 Å². The Balaban J connectivity index is 1.79. The Bertz CT molecular complexity index is 587. The van der Waals surface area contributed by atoms with Gasteiger partial charge >= 0.3 is 0 Å². The number of hydrogen-bond acceptors (Lipinski definition) is 4. The lowest BCUT2D eigenvalue weighted by Gasteiger charge is -2.34. The second kappa shape index (κ2) is 6.34. The van der Waals surface area contributed by atoms with Crippen molar-refractivity contribution in [1.29, 1.82) is 0 Å². The number of nitrogens with zero attached hydrogens (tertiary/aromatic N) is 1. The minimum atomic E-state index is -0.198. The fourth-order valence-corrected chi connectivity index (χ4v) is 4.90. The normalized spacial score (nSPS) is 26.0. The van der Waals surface area contributed by atoms with E-state index in [1.54, 1.807) is 11.8 Å². The molecule has 1 heterocycles. The number of thioether (sulfide) groups is 1. The molecule has 0 spiro atoms. The molecule has 0 fully saturated rings. The van der Waals surface area contributed by atoms with Crippen LogP contribution >= 0.6 is 11.8 Å². The monoisotopic (exact) mass is 317 g/mol. The van der Waals surface area contributed by atoms with Crippen LogP contribution in [0, 0.1) is 5.92 Å². The zero-order valence-electron chi connectivity index (χ0n) is 12.9. The summed E-state index contributed by atoms with van der Waals surface area (Å²) < 4.78 is 0. The lowest BCUT2D eigenvalue weighted by Crippen LogP contribution is -2.37. The summed E-state index contributed by atoms with van der Waals surface area (Å²) in [4.78, 5) is 14.8. The summed E-state index contributed by atoms with van der Waals surface area (Å²) in [5.41, 5.74) is 14.3. The van der Waals surface area contributed by atoms with Gasteiger partial charge in [-0.15, -0.1) is 0 Å². The van der Waals surface area contributed by atoms with E-state index in [0.29, 0.717) is 12.3 Å². The van der Waals surface area contributed by atoms with Crippen molar-refractivity contribution >= 4 is 17.7 Å². The van der Waals surface area contributed by atoms with Crippen molar-refractivity contribution in [1.82, 2.24) is 4.90 Å². The molecule has 1 amide bonds. The third-order valence-electron chi connectivity index (χ3n) is 4.62. The first-order chi connectivity index (χ1) is 10.6. The molecule has 0 bridgehead atoms. The predicted octanol–water partition coefficient (Wildman–Crippen LogP) is 2.93. The van der Waals surface area contributed by atoms with E-state index < -0.39 is 0 Å². The van der Waals surface area contributed by atoms with E-state index in [-0.39, 0.29) is 17.4 Å². The molecule has 1 aromatic carbocycles. The van der Waals surface area contributed by atoms with Crippen LogP contribution in [0.2, 0.25) is 0 Å². The quantitative estimate of drug-likeness (QED) is 0.895. The highest BCUT2D eigenvalue weighted by Crippen LogP contribution is 2.49. The number of carbonyl (C=O) groups excluding carboxylic acids is 1. The summed E-state index contributed by atoms with van der Waals surface area (Å²) in [6.45, 7) is 2.21. The molecule has 0 saturated carbocycles. The third-order valence-corrected chi connectivity index (χ3v) is 5.78. The van der Waals surface area contributed by atoms with E-state index >= 15 is 0 Å². The van der Waals surface area contributed by atoms with Crippen LogP contribution in [0.1, 0.15) is 44.2 Å². The average Bonchev–Trinajstić information content (AvgIpc) is 2.82. The Morgan fingerprint density at radius 1 is 1.41 bits per heavy atom. The molecule has 2 aliphatic rings. The summed E-state index contributed by atoms with van der Waals surface area (Å²) in [6.07, 6.45) is 3.44. The van der Waals surface area contributed by atoms with Gasteiger partial charge in [-0.05, 0) is 37.7 Å². The third kappa shape index (κ3) is 3.01. The maximum absolute atomic E-state index is 11.1. The van der Waals surface area contributed by atoms with E-state index in [0.717, 1.165) is 19.3 Å². The Labute approximate surface area is 135 Å². The van der Waals surface area contributed by atoms with Gasteiger partial charge in [0.2, 0.25) is 5.91 Å². The van der Waals surface area contributed by atoms with Gasteiger partial charge in [0.15, 0.2) is 0 Å². The molecule has 3 unspecified atom stereocenters. The molecule has 4 N–H and O–H groups in total. The van der Waals surface area contributed by atoms with Gasteiger partial charge in [0.1, 0.15) is 5.50 Å². The van der Waals surface area contributed by atoms with Crippen molar-refractivity contribution in [3.8, 4) is 0 Å². The molecule has 1 aliphatic heterocycles. The van der Waals surface area contributed by atoms with Crippen LogP contribution in [0.3, 0.4) is 0 Å². The van der Waals surface area contributed by atoms with Gasteiger partial charge in [0.25, 0.3) is 0 Å². The number of benzene rings is 1. The summed E-state index contributed by atoms with van der Waals surface area (Å²) in [5.74, 6) is 0.179. The molecule has 3 rings (SSSR count). The molecule has 0 radical (unpaired) electrons. The number of carbonyl (C=O) groups is 1. The summed E-state index contributed by atoms with van der Waals surface area (Å²) in [5, 5.41) is 0. The van der Waals surface area contributed by atoms with E-state index in [4.69, 9.17) is 11.5 Å². The second-order valence-electron chi connectivity index (χ2n) is 6.15. The molecular formula is C17H23N3OS. The van der Waals surface area contributed by atoms with Gasteiger partial charge in [0.05, 0.1) is 6.04 Å². The molecule has 0 aromatic heterocycles. The first kappa shape index (κ1) is 15.4. The number of primary amides is 1. The van der Waals surface area contributed by atoms with Crippen LogP contribution in [-0.4, -0.2) is 16.3 Å². The number of nitrogens with two attached hydrogens (primary N) is 2. The minimum absolute atomic E-state index is 0.0347. The predicted molar refractivity (Wildman–Crippen MR) is 90.4 cm³/mol.